The highest BCUT2D eigenvalue weighted by atomic mass is 35.5. The van der Waals surface area contributed by atoms with E-state index in [2.05, 4.69) is 10.6 Å². The van der Waals surface area contributed by atoms with Gasteiger partial charge in [0.2, 0.25) is 0 Å². The molecule has 0 aromatic heterocycles. The van der Waals surface area contributed by atoms with Crippen LogP contribution in [0.2, 0.25) is 5.02 Å². The van der Waals surface area contributed by atoms with Crippen molar-refractivity contribution in [1.82, 2.24) is 5.32 Å². The summed E-state index contributed by atoms with van der Waals surface area (Å²) in [6.07, 6.45) is -1.24. The second kappa shape index (κ2) is 6.92. The third-order valence-corrected chi connectivity index (χ3v) is 2.73. The lowest BCUT2D eigenvalue weighted by molar-refractivity contribution is 0.0636. The topological polar surface area (TPSA) is 70.6 Å². The molecule has 5 nitrogen and oxygen atoms in total. The van der Waals surface area contributed by atoms with Crippen LogP contribution in [0.25, 0.3) is 0 Å². The van der Waals surface area contributed by atoms with E-state index in [1.54, 1.807) is 46.0 Å². The lowest BCUT2D eigenvalue weighted by atomic mass is 10.1. The van der Waals surface area contributed by atoms with Crippen LogP contribution in [-0.2, 0) is 4.74 Å². The Bertz CT molecular complexity index is 472. The number of aliphatic hydroxyl groups excluding tert-OH is 1. The molecule has 3 N–H and O–H groups in total. The van der Waals surface area contributed by atoms with Gasteiger partial charge in [0.1, 0.15) is 5.60 Å². The molecule has 20 heavy (non-hydrogen) atoms. The van der Waals surface area contributed by atoms with E-state index in [9.17, 15) is 9.90 Å². The van der Waals surface area contributed by atoms with Crippen molar-refractivity contribution < 1.29 is 14.6 Å². The van der Waals surface area contributed by atoms with Gasteiger partial charge in [0, 0.05) is 22.8 Å². The number of amides is 1. The number of carbonyl (C=O) groups is 1. The van der Waals surface area contributed by atoms with Crippen LogP contribution in [0.4, 0.5) is 10.5 Å². The van der Waals surface area contributed by atoms with Gasteiger partial charge >= 0.3 is 6.09 Å². The molecule has 0 aliphatic rings. The number of likely N-dealkylation sites (N-methyl/N-ethyl adjacent to an activating group) is 1. The van der Waals surface area contributed by atoms with Crippen LogP contribution >= 0.6 is 11.6 Å². The number of aliphatic hydroxyl groups is 1. The zero-order valence-corrected chi connectivity index (χ0v) is 12.9. The van der Waals surface area contributed by atoms with E-state index in [0.29, 0.717) is 22.8 Å². The summed E-state index contributed by atoms with van der Waals surface area (Å²) in [5, 5.41) is 15.7. The molecule has 0 saturated carbocycles. The molecule has 0 bridgehead atoms. The predicted molar refractivity (Wildman–Crippen MR) is 80.2 cm³/mol. The molecule has 1 aromatic rings. The summed E-state index contributed by atoms with van der Waals surface area (Å²) >= 11 is 6.10. The lowest BCUT2D eigenvalue weighted by Crippen LogP contribution is -2.27. The largest absolute Gasteiger partial charge is 0.444 e. The van der Waals surface area contributed by atoms with Crippen LogP contribution in [0.1, 0.15) is 32.4 Å². The maximum atomic E-state index is 11.6. The summed E-state index contributed by atoms with van der Waals surface area (Å²) in [7, 11) is 1.75. The van der Waals surface area contributed by atoms with Gasteiger partial charge in [0.25, 0.3) is 0 Å². The van der Waals surface area contributed by atoms with Crippen molar-refractivity contribution in [3.8, 4) is 0 Å². The SMILES string of the molecule is CNCC(O)c1ccc(NC(=O)OC(C)(C)C)cc1Cl. The Labute approximate surface area is 124 Å². The normalized spacial score (nSPS) is 12.9. The quantitative estimate of drug-likeness (QED) is 0.799. The number of nitrogens with one attached hydrogen (secondary N) is 2. The van der Waals surface area contributed by atoms with Gasteiger partial charge in [-0.3, -0.25) is 5.32 Å². The Morgan fingerprint density at radius 3 is 2.60 bits per heavy atom. The number of halogens is 1. The summed E-state index contributed by atoms with van der Waals surface area (Å²) in [6.45, 7) is 5.77. The second-order valence-electron chi connectivity index (χ2n) is 5.44. The van der Waals surface area contributed by atoms with E-state index < -0.39 is 17.8 Å². The highest BCUT2D eigenvalue weighted by Gasteiger charge is 2.17. The van der Waals surface area contributed by atoms with E-state index in [4.69, 9.17) is 16.3 Å². The first-order valence-electron chi connectivity index (χ1n) is 6.35. The van der Waals surface area contributed by atoms with E-state index in [1.165, 1.54) is 0 Å². The fourth-order valence-corrected chi connectivity index (χ4v) is 1.91. The van der Waals surface area contributed by atoms with Gasteiger partial charge in [-0.2, -0.15) is 0 Å². The fraction of sp³-hybridized carbons (Fsp3) is 0.500. The molecule has 1 unspecified atom stereocenters. The molecular formula is C14H21ClN2O3. The molecule has 0 spiro atoms. The summed E-state index contributed by atoms with van der Waals surface area (Å²) in [6, 6.07) is 4.93. The average molecular weight is 301 g/mol. The summed E-state index contributed by atoms with van der Waals surface area (Å²) < 4.78 is 5.15. The molecule has 0 fully saturated rings. The average Bonchev–Trinajstić information content (AvgIpc) is 2.26. The lowest BCUT2D eigenvalue weighted by Gasteiger charge is -2.20. The van der Waals surface area contributed by atoms with Crippen LogP contribution in [-0.4, -0.2) is 30.4 Å². The molecule has 0 aliphatic carbocycles. The number of rotatable bonds is 4. The Hall–Kier alpha value is -1.30. The van der Waals surface area contributed by atoms with Crippen molar-refractivity contribution in [1.29, 1.82) is 0 Å². The standard InChI is InChI=1S/C14H21ClN2O3/c1-14(2,3)20-13(19)17-9-5-6-10(11(15)7-9)12(18)8-16-4/h5-7,12,16,18H,8H2,1-4H3,(H,17,19). The van der Waals surface area contributed by atoms with Crippen molar-refractivity contribution in [2.24, 2.45) is 0 Å². The van der Waals surface area contributed by atoms with E-state index in [0.717, 1.165) is 0 Å². The molecule has 0 saturated heterocycles. The van der Waals surface area contributed by atoms with Gasteiger partial charge in [-0.15, -0.1) is 0 Å². The molecule has 1 rings (SSSR count). The second-order valence-corrected chi connectivity index (χ2v) is 5.84. The minimum absolute atomic E-state index is 0.390. The van der Waals surface area contributed by atoms with Gasteiger partial charge in [-0.05, 0) is 40.0 Å². The predicted octanol–water partition coefficient (Wildman–Crippen LogP) is 2.94. The van der Waals surface area contributed by atoms with Crippen molar-refractivity contribution in [2.45, 2.75) is 32.5 Å². The monoisotopic (exact) mass is 300 g/mol. The fourth-order valence-electron chi connectivity index (χ4n) is 1.60. The van der Waals surface area contributed by atoms with Crippen LogP contribution in [0.3, 0.4) is 0 Å². The summed E-state index contributed by atoms with van der Waals surface area (Å²) in [5.74, 6) is 0. The molecule has 0 radical (unpaired) electrons. The Kier molecular flexibility index (Phi) is 5.80. The smallest absolute Gasteiger partial charge is 0.412 e. The maximum Gasteiger partial charge on any atom is 0.412 e. The first-order valence-corrected chi connectivity index (χ1v) is 6.73. The number of ether oxygens (including phenoxy) is 1. The highest BCUT2D eigenvalue weighted by Crippen LogP contribution is 2.26. The minimum atomic E-state index is -0.692. The number of hydrogen-bond donors (Lipinski definition) is 3. The van der Waals surface area contributed by atoms with Crippen molar-refractivity contribution in [2.75, 3.05) is 18.9 Å². The molecule has 1 aromatic carbocycles. The van der Waals surface area contributed by atoms with Crippen molar-refractivity contribution >= 4 is 23.4 Å². The highest BCUT2D eigenvalue weighted by molar-refractivity contribution is 6.31. The van der Waals surface area contributed by atoms with Gasteiger partial charge in [-0.25, -0.2) is 4.79 Å². The Balaban J connectivity index is 2.75. The van der Waals surface area contributed by atoms with E-state index >= 15 is 0 Å². The first kappa shape index (κ1) is 16.8. The number of hydrogen-bond acceptors (Lipinski definition) is 4. The van der Waals surface area contributed by atoms with Gasteiger partial charge < -0.3 is 15.2 Å². The Morgan fingerprint density at radius 2 is 2.10 bits per heavy atom. The zero-order chi connectivity index (χ0) is 15.3. The summed E-state index contributed by atoms with van der Waals surface area (Å²) in [5.41, 5.74) is 0.567. The molecule has 1 atom stereocenters. The molecular weight excluding hydrogens is 280 g/mol. The molecule has 0 heterocycles. The summed E-state index contributed by atoms with van der Waals surface area (Å²) in [4.78, 5) is 11.6. The molecule has 6 heteroatoms. The Morgan fingerprint density at radius 1 is 1.45 bits per heavy atom. The van der Waals surface area contributed by atoms with Crippen molar-refractivity contribution in [3.63, 3.8) is 0 Å². The third-order valence-electron chi connectivity index (χ3n) is 2.40. The van der Waals surface area contributed by atoms with Gasteiger partial charge in [0.15, 0.2) is 0 Å². The molecule has 112 valence electrons. The first-order chi connectivity index (χ1) is 9.23. The van der Waals surface area contributed by atoms with Gasteiger partial charge in [-0.1, -0.05) is 17.7 Å². The van der Waals surface area contributed by atoms with Crippen molar-refractivity contribution in [3.05, 3.63) is 28.8 Å². The minimum Gasteiger partial charge on any atom is -0.444 e. The van der Waals surface area contributed by atoms with Crippen LogP contribution in [0.5, 0.6) is 0 Å². The maximum absolute atomic E-state index is 11.6. The number of benzene rings is 1. The zero-order valence-electron chi connectivity index (χ0n) is 12.2. The van der Waals surface area contributed by atoms with Crippen LogP contribution < -0.4 is 10.6 Å². The van der Waals surface area contributed by atoms with Crippen LogP contribution in [0.15, 0.2) is 18.2 Å². The number of carbonyl (C=O) groups excluding carboxylic acids is 1. The number of anilines is 1. The third kappa shape index (κ3) is 5.36. The molecule has 1 amide bonds. The van der Waals surface area contributed by atoms with Gasteiger partial charge in [0.05, 0.1) is 6.10 Å². The molecule has 0 aliphatic heterocycles. The van der Waals surface area contributed by atoms with E-state index in [-0.39, 0.29) is 0 Å². The van der Waals surface area contributed by atoms with Crippen LogP contribution in [0, 0.1) is 0 Å². The van der Waals surface area contributed by atoms with E-state index in [1.807, 2.05) is 0 Å².